The molecule has 5 N–H and O–H groups in total. The molecule has 0 aliphatic heterocycles. The summed E-state index contributed by atoms with van der Waals surface area (Å²) in [6.07, 6.45) is 0. The second-order valence-corrected chi connectivity index (χ2v) is 9.93. The van der Waals surface area contributed by atoms with Gasteiger partial charge in [0.05, 0.1) is 12.8 Å². The first-order chi connectivity index (χ1) is 22.4. The molecule has 10 nitrogen and oxygen atoms in total. The molecule has 6 rings (SSSR count). The molecule has 0 atom stereocenters. The van der Waals surface area contributed by atoms with Gasteiger partial charge in [-0.3, -0.25) is 0 Å². The number of nitrogen functional groups attached to an aromatic ring is 1. The maximum atomic E-state index is 13.4. The molecule has 2 heterocycles. The molecule has 0 saturated carbocycles. The van der Waals surface area contributed by atoms with E-state index in [1.165, 1.54) is 24.3 Å². The number of benzene rings is 4. The van der Waals surface area contributed by atoms with Gasteiger partial charge in [-0.2, -0.15) is 20.2 Å². The predicted molar refractivity (Wildman–Crippen MR) is 173 cm³/mol. The first-order valence-electron chi connectivity index (χ1n) is 13.9. The van der Waals surface area contributed by atoms with Gasteiger partial charge < -0.3 is 26.4 Å². The van der Waals surface area contributed by atoms with Crippen LogP contribution >= 0.6 is 0 Å². The first kappa shape index (κ1) is 29.5. The van der Waals surface area contributed by atoms with Gasteiger partial charge in [-0.15, -0.1) is 0 Å². The van der Waals surface area contributed by atoms with Crippen molar-refractivity contribution in [3.63, 3.8) is 0 Å². The Morgan fingerprint density at radius 3 is 1.63 bits per heavy atom. The minimum atomic E-state index is -0.374. The Morgan fingerprint density at radius 1 is 0.652 bits per heavy atom. The lowest BCUT2D eigenvalue weighted by Gasteiger charge is -2.13. The Kier molecular flexibility index (Phi) is 8.29. The molecule has 226 valence electrons. The summed E-state index contributed by atoms with van der Waals surface area (Å²) in [5.41, 5.74) is 11.0. The van der Waals surface area contributed by atoms with E-state index in [0.29, 0.717) is 34.1 Å². The van der Waals surface area contributed by atoms with E-state index in [1.807, 2.05) is 54.6 Å². The van der Waals surface area contributed by atoms with Crippen LogP contribution in [0.25, 0.3) is 22.4 Å². The van der Waals surface area contributed by atoms with Gasteiger partial charge in [0.15, 0.2) is 0 Å². The molecule has 2 aromatic heterocycles. The van der Waals surface area contributed by atoms with Crippen molar-refractivity contribution in [2.75, 3.05) is 28.8 Å². The number of rotatable bonds is 9. The van der Waals surface area contributed by atoms with E-state index in [4.69, 9.17) is 10.5 Å². The van der Waals surface area contributed by atoms with Gasteiger partial charge in [0.2, 0.25) is 17.8 Å². The summed E-state index contributed by atoms with van der Waals surface area (Å²) in [4.78, 5) is 17.8. The van der Waals surface area contributed by atoms with Crippen molar-refractivity contribution < 1.29 is 13.5 Å². The topological polar surface area (TPSA) is 147 Å². The number of pyridine rings is 1. The second-order valence-electron chi connectivity index (χ2n) is 9.93. The number of halogens is 2. The molecule has 0 fully saturated rings. The zero-order chi connectivity index (χ0) is 32.0. The molecular formula is C34H25F2N9O. The fraction of sp³-hybridized carbons (Fsp3) is 0.0294. The van der Waals surface area contributed by atoms with Gasteiger partial charge in [-0.25, -0.2) is 13.8 Å². The third-order valence-electron chi connectivity index (χ3n) is 6.81. The fourth-order valence-electron chi connectivity index (χ4n) is 4.57. The Morgan fingerprint density at radius 2 is 1.15 bits per heavy atom. The first-order valence-corrected chi connectivity index (χ1v) is 13.9. The molecular weight excluding hydrogens is 588 g/mol. The number of anilines is 7. The molecule has 4 aromatic carbocycles. The maximum Gasteiger partial charge on any atom is 0.233 e. The van der Waals surface area contributed by atoms with Crippen LogP contribution in [-0.2, 0) is 0 Å². The summed E-state index contributed by atoms with van der Waals surface area (Å²) < 4.78 is 32.2. The van der Waals surface area contributed by atoms with Gasteiger partial charge in [0.25, 0.3) is 0 Å². The van der Waals surface area contributed by atoms with Gasteiger partial charge in [0.1, 0.15) is 34.8 Å². The summed E-state index contributed by atoms with van der Waals surface area (Å²) in [5.74, 6) is 0.604. The standard InChI is InChI=1S/C34H25F2N9O/c1-46-27-4-2-3-21(17-27)28-18-30(42-31(38)29(28)19-37)20-5-11-24(12-6-20)39-32-43-33(40-25-13-7-22(35)8-14-25)45-34(44-32)41-26-15-9-23(36)10-16-26/h2-18H,1H3,(H2,38,42)(H3,39,40,41,43,44,45). The average molecular weight is 614 g/mol. The molecule has 0 bridgehead atoms. The minimum Gasteiger partial charge on any atom is -0.497 e. The fourth-order valence-corrected chi connectivity index (χ4v) is 4.57. The van der Waals surface area contributed by atoms with Crippen molar-refractivity contribution in [1.29, 1.82) is 5.26 Å². The Labute approximate surface area is 262 Å². The highest BCUT2D eigenvalue weighted by Gasteiger charge is 2.15. The molecule has 0 radical (unpaired) electrons. The third-order valence-corrected chi connectivity index (χ3v) is 6.81. The van der Waals surface area contributed by atoms with Gasteiger partial charge in [-0.05, 0) is 84.4 Å². The van der Waals surface area contributed by atoms with E-state index in [2.05, 4.69) is 42.0 Å². The Balaban J connectivity index is 1.29. The zero-order valence-electron chi connectivity index (χ0n) is 24.3. The Bertz CT molecular complexity index is 1980. The maximum absolute atomic E-state index is 13.4. The lowest BCUT2D eigenvalue weighted by atomic mass is 9.98. The number of hydrogen-bond donors (Lipinski definition) is 4. The lowest BCUT2D eigenvalue weighted by molar-refractivity contribution is 0.415. The largest absolute Gasteiger partial charge is 0.497 e. The number of nitrogens with zero attached hydrogens (tertiary/aromatic N) is 5. The van der Waals surface area contributed by atoms with Crippen LogP contribution in [0.2, 0.25) is 0 Å². The molecule has 0 aliphatic carbocycles. The summed E-state index contributed by atoms with van der Waals surface area (Å²) in [6.45, 7) is 0. The number of ether oxygens (including phenoxy) is 1. The quantitative estimate of drug-likeness (QED) is 0.129. The molecule has 46 heavy (non-hydrogen) atoms. The van der Waals surface area contributed by atoms with Crippen LogP contribution in [0.5, 0.6) is 5.75 Å². The van der Waals surface area contributed by atoms with E-state index < -0.39 is 0 Å². The molecule has 0 amide bonds. The SMILES string of the molecule is COc1cccc(-c2cc(-c3ccc(Nc4nc(Nc5ccc(F)cc5)nc(Nc5ccc(F)cc5)n4)cc3)nc(N)c2C#N)c1. The van der Waals surface area contributed by atoms with Crippen molar-refractivity contribution in [3.05, 3.63) is 120 Å². The van der Waals surface area contributed by atoms with Gasteiger partial charge >= 0.3 is 0 Å². The molecule has 12 heteroatoms. The molecule has 0 spiro atoms. The normalized spacial score (nSPS) is 10.6. The second kappa shape index (κ2) is 12.9. The predicted octanol–water partition coefficient (Wildman–Crippen LogP) is 7.57. The van der Waals surface area contributed by atoms with E-state index in [1.54, 1.807) is 31.4 Å². The summed E-state index contributed by atoms with van der Waals surface area (Å²) in [6, 6.07) is 30.2. The van der Waals surface area contributed by atoms with Crippen LogP contribution < -0.4 is 26.4 Å². The van der Waals surface area contributed by atoms with E-state index in [-0.39, 0.29) is 40.9 Å². The molecule has 0 saturated heterocycles. The van der Waals surface area contributed by atoms with E-state index in [9.17, 15) is 14.0 Å². The van der Waals surface area contributed by atoms with Crippen molar-refractivity contribution in [2.45, 2.75) is 0 Å². The average Bonchev–Trinajstić information content (AvgIpc) is 3.07. The monoisotopic (exact) mass is 613 g/mol. The van der Waals surface area contributed by atoms with Crippen LogP contribution in [0.3, 0.4) is 0 Å². The lowest BCUT2D eigenvalue weighted by Crippen LogP contribution is -2.07. The summed E-state index contributed by atoms with van der Waals surface area (Å²) in [5, 5.41) is 19.0. The van der Waals surface area contributed by atoms with Crippen LogP contribution in [0.1, 0.15) is 5.56 Å². The number of methoxy groups -OCH3 is 1. The highest BCUT2D eigenvalue weighted by atomic mass is 19.1. The van der Waals surface area contributed by atoms with Crippen molar-refractivity contribution >= 4 is 40.7 Å². The zero-order valence-corrected chi connectivity index (χ0v) is 24.3. The van der Waals surface area contributed by atoms with Crippen molar-refractivity contribution in [2.24, 2.45) is 0 Å². The van der Waals surface area contributed by atoms with Crippen LogP contribution in [0.15, 0.2) is 103 Å². The van der Waals surface area contributed by atoms with Crippen LogP contribution in [-0.4, -0.2) is 27.0 Å². The third kappa shape index (κ3) is 6.79. The van der Waals surface area contributed by atoms with Crippen LogP contribution in [0.4, 0.5) is 49.5 Å². The highest BCUT2D eigenvalue weighted by molar-refractivity contribution is 5.81. The molecule has 6 aromatic rings. The minimum absolute atomic E-state index is 0.118. The van der Waals surface area contributed by atoms with Crippen LogP contribution in [0, 0.1) is 23.0 Å². The number of hydrogen-bond acceptors (Lipinski definition) is 10. The summed E-state index contributed by atoms with van der Waals surface area (Å²) >= 11 is 0. The van der Waals surface area contributed by atoms with Crippen molar-refractivity contribution in [1.82, 2.24) is 19.9 Å². The highest BCUT2D eigenvalue weighted by Crippen LogP contribution is 2.33. The van der Waals surface area contributed by atoms with Crippen molar-refractivity contribution in [3.8, 4) is 34.2 Å². The Hall–Kier alpha value is -6.61. The smallest absolute Gasteiger partial charge is 0.233 e. The number of aromatic nitrogens is 4. The molecule has 0 aliphatic rings. The van der Waals surface area contributed by atoms with E-state index >= 15 is 0 Å². The number of nitrogens with two attached hydrogens (primary N) is 1. The van der Waals surface area contributed by atoms with Gasteiger partial charge in [-0.1, -0.05) is 24.3 Å². The number of nitrogens with one attached hydrogen (secondary N) is 3. The number of nitriles is 1. The van der Waals surface area contributed by atoms with Gasteiger partial charge in [0, 0.05) is 28.2 Å². The summed E-state index contributed by atoms with van der Waals surface area (Å²) in [7, 11) is 1.58. The molecule has 0 unspecified atom stereocenters. The van der Waals surface area contributed by atoms with E-state index in [0.717, 1.165) is 11.1 Å².